The molecule has 104 valence electrons. The van der Waals surface area contributed by atoms with Crippen LogP contribution in [0.1, 0.15) is 41.8 Å². The van der Waals surface area contributed by atoms with Gasteiger partial charge in [0.2, 0.25) is 0 Å². The molecule has 0 amide bonds. The van der Waals surface area contributed by atoms with Crippen LogP contribution in [0.3, 0.4) is 0 Å². The summed E-state index contributed by atoms with van der Waals surface area (Å²) < 4.78 is 5.95. The van der Waals surface area contributed by atoms with Crippen molar-refractivity contribution in [3.8, 4) is 0 Å². The van der Waals surface area contributed by atoms with Gasteiger partial charge in [0, 0.05) is 6.61 Å². The summed E-state index contributed by atoms with van der Waals surface area (Å²) in [6.45, 7) is 2.99. The van der Waals surface area contributed by atoms with Gasteiger partial charge in [-0.25, -0.2) is 0 Å². The fraction of sp³-hybridized carbons (Fsp3) is 0.444. The zero-order valence-electron chi connectivity index (χ0n) is 11.8. The van der Waals surface area contributed by atoms with Crippen LogP contribution in [0.4, 0.5) is 0 Å². The Bertz CT molecular complexity index is 660. The van der Waals surface area contributed by atoms with Gasteiger partial charge in [-0.1, -0.05) is 30.3 Å². The first-order valence-corrected chi connectivity index (χ1v) is 7.94. The summed E-state index contributed by atoms with van der Waals surface area (Å²) >= 11 is 6.83. The van der Waals surface area contributed by atoms with E-state index in [-0.39, 0.29) is 11.0 Å². The molecule has 2 heteroatoms. The largest absolute Gasteiger partial charge is 0.373 e. The van der Waals surface area contributed by atoms with E-state index in [4.69, 9.17) is 16.3 Å². The first kappa shape index (κ1) is 12.7. The molecule has 0 bridgehead atoms. The number of alkyl halides is 1. The number of ether oxygens (including phenoxy) is 1. The third-order valence-electron chi connectivity index (χ3n) is 4.97. The summed E-state index contributed by atoms with van der Waals surface area (Å²) in [5, 5.41) is 2.70. The van der Waals surface area contributed by atoms with Crippen molar-refractivity contribution in [1.82, 2.24) is 0 Å². The lowest BCUT2D eigenvalue weighted by molar-refractivity contribution is 0.0167. The Morgan fingerprint density at radius 1 is 1.15 bits per heavy atom. The molecule has 0 saturated carbocycles. The topological polar surface area (TPSA) is 9.23 Å². The summed E-state index contributed by atoms with van der Waals surface area (Å²) in [7, 11) is 0. The van der Waals surface area contributed by atoms with Crippen molar-refractivity contribution in [2.75, 3.05) is 6.61 Å². The third kappa shape index (κ3) is 1.73. The first-order valence-electron chi connectivity index (χ1n) is 7.50. The van der Waals surface area contributed by atoms with Crippen molar-refractivity contribution in [1.29, 1.82) is 0 Å². The Morgan fingerprint density at radius 2 is 1.95 bits per heavy atom. The van der Waals surface area contributed by atoms with Crippen LogP contribution in [0, 0.1) is 0 Å². The van der Waals surface area contributed by atoms with Crippen molar-refractivity contribution >= 4 is 22.4 Å². The number of hydrogen-bond acceptors (Lipinski definition) is 1. The van der Waals surface area contributed by atoms with E-state index in [2.05, 4.69) is 37.3 Å². The fourth-order valence-corrected chi connectivity index (χ4v) is 4.18. The number of hydrogen-bond donors (Lipinski definition) is 0. The average Bonchev–Trinajstić information content (AvgIpc) is 3.08. The van der Waals surface area contributed by atoms with E-state index in [0.717, 1.165) is 32.3 Å². The summed E-state index contributed by atoms with van der Waals surface area (Å²) in [5.74, 6) is 0. The van der Waals surface area contributed by atoms with Gasteiger partial charge in [-0.05, 0) is 60.1 Å². The highest BCUT2D eigenvalue weighted by atomic mass is 35.5. The van der Waals surface area contributed by atoms with Gasteiger partial charge in [0.1, 0.15) is 0 Å². The molecule has 2 aromatic rings. The van der Waals surface area contributed by atoms with Crippen molar-refractivity contribution in [2.45, 2.75) is 43.6 Å². The lowest BCUT2D eigenvalue weighted by atomic mass is 9.89. The molecule has 1 aliphatic heterocycles. The highest BCUT2D eigenvalue weighted by Crippen LogP contribution is 2.45. The molecule has 1 saturated heterocycles. The predicted octanol–water partition coefficient (Wildman–Crippen LogP) is 4.79. The number of benzene rings is 2. The van der Waals surface area contributed by atoms with Gasteiger partial charge < -0.3 is 4.74 Å². The highest BCUT2D eigenvalue weighted by Gasteiger charge is 2.39. The van der Waals surface area contributed by atoms with Crippen LogP contribution in [0.15, 0.2) is 30.3 Å². The van der Waals surface area contributed by atoms with E-state index in [9.17, 15) is 0 Å². The SMILES string of the molecule is CC1(C(Cl)c2ccc3c4c(cccc24)CC3)CCCO1. The van der Waals surface area contributed by atoms with E-state index in [1.54, 1.807) is 0 Å². The summed E-state index contributed by atoms with van der Waals surface area (Å²) in [4.78, 5) is 0. The Morgan fingerprint density at radius 3 is 2.70 bits per heavy atom. The Balaban J connectivity index is 1.89. The maximum absolute atomic E-state index is 6.83. The molecule has 1 nitrogen and oxygen atoms in total. The molecule has 2 aromatic carbocycles. The van der Waals surface area contributed by atoms with E-state index < -0.39 is 0 Å². The summed E-state index contributed by atoms with van der Waals surface area (Å²) in [5.41, 5.74) is 3.96. The molecule has 1 heterocycles. The maximum atomic E-state index is 6.83. The minimum absolute atomic E-state index is 0.0742. The monoisotopic (exact) mass is 286 g/mol. The maximum Gasteiger partial charge on any atom is 0.0878 e. The number of aryl methyl sites for hydroxylation is 2. The molecule has 0 radical (unpaired) electrons. The molecule has 0 N–H and O–H groups in total. The Kier molecular flexibility index (Phi) is 2.84. The zero-order valence-corrected chi connectivity index (χ0v) is 12.5. The van der Waals surface area contributed by atoms with Gasteiger partial charge in [0.25, 0.3) is 0 Å². The Hall–Kier alpha value is -1.05. The average molecular weight is 287 g/mol. The van der Waals surface area contributed by atoms with Gasteiger partial charge in [-0.2, -0.15) is 0 Å². The second-order valence-corrected chi connectivity index (χ2v) is 6.72. The molecule has 2 atom stereocenters. The molecule has 1 fully saturated rings. The third-order valence-corrected chi connectivity index (χ3v) is 5.67. The molecule has 1 aliphatic carbocycles. The highest BCUT2D eigenvalue weighted by molar-refractivity contribution is 6.22. The van der Waals surface area contributed by atoms with Crippen LogP contribution in [0.5, 0.6) is 0 Å². The van der Waals surface area contributed by atoms with Gasteiger partial charge in [-0.15, -0.1) is 11.6 Å². The molecular formula is C18H19ClO. The second kappa shape index (κ2) is 4.47. The summed E-state index contributed by atoms with van der Waals surface area (Å²) in [6, 6.07) is 11.1. The minimum atomic E-state index is -0.222. The second-order valence-electron chi connectivity index (χ2n) is 6.28. The summed E-state index contributed by atoms with van der Waals surface area (Å²) in [6.07, 6.45) is 4.48. The minimum Gasteiger partial charge on any atom is -0.373 e. The molecule has 20 heavy (non-hydrogen) atoms. The van der Waals surface area contributed by atoms with Gasteiger partial charge in [0.05, 0.1) is 11.0 Å². The first-order chi connectivity index (χ1) is 9.69. The van der Waals surface area contributed by atoms with Crippen LogP contribution >= 0.6 is 11.6 Å². The van der Waals surface area contributed by atoms with Crippen LogP contribution in [0.2, 0.25) is 0 Å². The van der Waals surface area contributed by atoms with Crippen LogP contribution < -0.4 is 0 Å². The lowest BCUT2D eigenvalue weighted by Crippen LogP contribution is -2.28. The number of rotatable bonds is 2. The van der Waals surface area contributed by atoms with Gasteiger partial charge >= 0.3 is 0 Å². The van der Waals surface area contributed by atoms with Crippen molar-refractivity contribution in [2.24, 2.45) is 0 Å². The smallest absolute Gasteiger partial charge is 0.0878 e. The van der Waals surface area contributed by atoms with E-state index >= 15 is 0 Å². The molecule has 4 rings (SSSR count). The standard InChI is InChI=1S/C18H19ClO/c1-18(10-3-11-20-18)17(19)15-9-8-13-7-6-12-4-2-5-14(15)16(12)13/h2,4-5,8-9,17H,3,6-7,10-11H2,1H3. The normalized spacial score (nSPS) is 26.3. The van der Waals surface area contributed by atoms with Gasteiger partial charge in [0.15, 0.2) is 0 Å². The Labute approximate surface area is 124 Å². The van der Waals surface area contributed by atoms with Crippen molar-refractivity contribution in [3.05, 3.63) is 47.0 Å². The van der Waals surface area contributed by atoms with Gasteiger partial charge in [-0.3, -0.25) is 0 Å². The van der Waals surface area contributed by atoms with E-state index in [1.165, 1.54) is 27.5 Å². The van der Waals surface area contributed by atoms with Crippen LogP contribution in [-0.4, -0.2) is 12.2 Å². The molecule has 2 aliphatic rings. The predicted molar refractivity (Wildman–Crippen MR) is 83.5 cm³/mol. The van der Waals surface area contributed by atoms with Crippen molar-refractivity contribution in [3.63, 3.8) is 0 Å². The fourth-order valence-electron chi connectivity index (χ4n) is 3.82. The molecule has 2 unspecified atom stereocenters. The lowest BCUT2D eigenvalue weighted by Gasteiger charge is -2.30. The molecule has 0 spiro atoms. The van der Waals surface area contributed by atoms with Crippen molar-refractivity contribution < 1.29 is 4.74 Å². The quantitative estimate of drug-likeness (QED) is 0.722. The molecule has 0 aromatic heterocycles. The van der Waals surface area contributed by atoms with E-state index in [1.807, 2.05) is 0 Å². The number of halogens is 1. The van der Waals surface area contributed by atoms with E-state index in [0.29, 0.717) is 0 Å². The molecular weight excluding hydrogens is 268 g/mol. The van der Waals surface area contributed by atoms with Crippen LogP contribution in [-0.2, 0) is 17.6 Å². The van der Waals surface area contributed by atoms with Crippen LogP contribution in [0.25, 0.3) is 10.8 Å². The zero-order chi connectivity index (χ0) is 13.7.